The fourth-order valence-electron chi connectivity index (χ4n) is 1.68. The second-order valence-electron chi connectivity index (χ2n) is 6.09. The number of pyridine rings is 2. The van der Waals surface area contributed by atoms with Gasteiger partial charge in [-0.3, -0.25) is 9.97 Å². The zero-order chi connectivity index (χ0) is 28.6. The largest absolute Gasteiger partial charge is 3.00 e. The van der Waals surface area contributed by atoms with Gasteiger partial charge in [-0.15, -0.1) is 0 Å². The molecule has 216 valence electrons. The van der Waals surface area contributed by atoms with Gasteiger partial charge in [-0.25, -0.2) is 0 Å². The van der Waals surface area contributed by atoms with Crippen molar-refractivity contribution in [3.05, 3.63) is 48.8 Å². The van der Waals surface area contributed by atoms with Crippen molar-refractivity contribution in [3.8, 4) is 0 Å². The molecule has 2 nitrogen and oxygen atoms in total. The molecule has 2 aromatic heterocycles. The maximum Gasteiger partial charge on any atom is 3.00 e. The average molecular weight is 807 g/mol. The first-order valence-electron chi connectivity index (χ1n) is 7.58. The molecular weight excluding hydrogens is 799 g/mol. The van der Waals surface area contributed by atoms with Crippen molar-refractivity contribution in [3.63, 3.8) is 0 Å². The number of nitrogens with zero attached hydrogens (tertiary/aromatic N) is 2. The average Bonchev–Trinajstić information content (AvgIpc) is 2.45. The van der Waals surface area contributed by atoms with E-state index in [-0.39, 0.29) is 20.1 Å². The minimum Gasteiger partial charge on any atom is -0.254 e. The minimum absolute atomic E-state index is 0. The van der Waals surface area contributed by atoms with Crippen LogP contribution in [0.4, 0.5) is 75.5 Å². The summed E-state index contributed by atoms with van der Waals surface area (Å²) in [6.45, 7) is 0. The van der Waals surface area contributed by atoms with Gasteiger partial charge in [0, 0.05) is 23.2 Å². The van der Waals surface area contributed by atoms with Gasteiger partial charge in [-0.1, -0.05) is 24.3 Å². The summed E-state index contributed by atoms with van der Waals surface area (Å²) in [6.07, 6.45) is 3.60. The number of hydrogen-bond acceptors (Lipinski definition) is 2. The van der Waals surface area contributed by atoms with E-state index >= 15 is 0 Å². The smallest absolute Gasteiger partial charge is 0.254 e. The Kier molecular flexibility index (Phi) is 8.56. The van der Waals surface area contributed by atoms with E-state index in [0.29, 0.717) is 0 Å². The molecular formula is C12H8F18IrN2P3. The Morgan fingerprint density at radius 1 is 0.389 bits per heavy atom. The molecule has 3 rings (SSSR count). The number of fused-ring (bicyclic) bond motifs is 3. The summed E-state index contributed by atoms with van der Waals surface area (Å²) in [6, 6.07) is 12.1. The Labute approximate surface area is 200 Å². The Bertz CT molecular complexity index is 1050. The zero-order valence-electron chi connectivity index (χ0n) is 16.0. The van der Waals surface area contributed by atoms with Crippen LogP contribution in [0.25, 0.3) is 21.8 Å². The third-order valence-electron chi connectivity index (χ3n) is 2.34. The van der Waals surface area contributed by atoms with E-state index in [1.54, 1.807) is 12.4 Å². The summed E-state index contributed by atoms with van der Waals surface area (Å²) >= 11 is 0. The molecule has 24 heteroatoms. The molecule has 1 aromatic carbocycles. The van der Waals surface area contributed by atoms with Crippen molar-refractivity contribution in [2.75, 3.05) is 0 Å². The molecule has 0 atom stereocenters. The van der Waals surface area contributed by atoms with Gasteiger partial charge < -0.3 is 0 Å². The molecule has 0 radical (unpaired) electrons. The predicted octanol–water partition coefficient (Wildman–Crippen LogP) is 12.9. The van der Waals surface area contributed by atoms with Crippen LogP contribution in [0.1, 0.15) is 0 Å². The van der Waals surface area contributed by atoms with E-state index in [2.05, 4.69) is 34.2 Å². The molecule has 0 unspecified atom stereocenters. The van der Waals surface area contributed by atoms with Crippen molar-refractivity contribution < 1.29 is 95.6 Å². The summed E-state index contributed by atoms with van der Waals surface area (Å²) < 4.78 is 178. The van der Waals surface area contributed by atoms with Crippen LogP contribution in [0.15, 0.2) is 48.8 Å². The summed E-state index contributed by atoms with van der Waals surface area (Å²) in [4.78, 5) is 8.69. The third-order valence-corrected chi connectivity index (χ3v) is 2.34. The molecule has 0 amide bonds. The van der Waals surface area contributed by atoms with Crippen molar-refractivity contribution >= 4 is 45.2 Å². The number of halogens is 18. The fraction of sp³-hybridized carbons (Fsp3) is 0. The summed E-state index contributed by atoms with van der Waals surface area (Å²) in [5.41, 5.74) is 1.95. The maximum absolute atomic E-state index is 10.7. The van der Waals surface area contributed by atoms with Crippen LogP contribution in [0.2, 0.25) is 0 Å². The number of hydrogen-bond donors (Lipinski definition) is 0. The Hall–Kier alpha value is -1.28. The standard InChI is InChI=1S/C12H8N2.3F6P.Ir/c1-3-9-5-6-10-4-2-8-14-12(10)11(9)13-7-1;3*1-7(2,3,4,5)6;/h1-8H;;;;/q;3*-1;+3. The number of aromatic nitrogens is 2. The molecule has 0 spiro atoms. The van der Waals surface area contributed by atoms with E-state index in [4.69, 9.17) is 0 Å². The Balaban J connectivity index is 0. The van der Waals surface area contributed by atoms with Gasteiger partial charge >= 0.3 is 119 Å². The number of benzene rings is 1. The normalized spacial score (nSPS) is 17.7. The van der Waals surface area contributed by atoms with Crippen LogP contribution in [0, 0.1) is 0 Å². The molecule has 0 fully saturated rings. The first-order chi connectivity index (χ1) is 14.3. The van der Waals surface area contributed by atoms with Crippen LogP contribution in [0.3, 0.4) is 0 Å². The van der Waals surface area contributed by atoms with Gasteiger partial charge in [0.15, 0.2) is 0 Å². The topological polar surface area (TPSA) is 25.8 Å². The number of rotatable bonds is 0. The molecule has 0 aliphatic carbocycles. The predicted molar refractivity (Wildman–Crippen MR) is 97.7 cm³/mol. The third kappa shape index (κ3) is 37.3. The van der Waals surface area contributed by atoms with Gasteiger partial charge in [0.25, 0.3) is 0 Å². The van der Waals surface area contributed by atoms with Crippen LogP contribution in [0.5, 0.6) is 0 Å². The van der Waals surface area contributed by atoms with Crippen LogP contribution < -0.4 is 0 Å². The summed E-state index contributed by atoms with van der Waals surface area (Å²) in [5.74, 6) is 0. The van der Waals surface area contributed by atoms with Gasteiger partial charge in [-0.2, -0.15) is 0 Å². The van der Waals surface area contributed by atoms with Gasteiger partial charge in [0.05, 0.1) is 11.0 Å². The first kappa shape index (κ1) is 36.9. The molecule has 2 heterocycles. The SMILES string of the molecule is F[P-](F)(F)(F)(F)F.F[P-](F)(F)(F)(F)F.F[P-](F)(F)(F)(F)F.[Ir+3].c1cnc2c(c1)ccc1cccnc12. The van der Waals surface area contributed by atoms with Crippen LogP contribution in [-0.2, 0) is 20.1 Å². The van der Waals surface area contributed by atoms with Crippen molar-refractivity contribution in [1.29, 1.82) is 0 Å². The van der Waals surface area contributed by atoms with Crippen LogP contribution in [-0.4, -0.2) is 9.97 Å². The zero-order valence-corrected chi connectivity index (χ0v) is 21.1. The monoisotopic (exact) mass is 808 g/mol. The van der Waals surface area contributed by atoms with Crippen molar-refractivity contribution in [2.24, 2.45) is 0 Å². The van der Waals surface area contributed by atoms with E-state index in [1.807, 2.05) is 12.1 Å². The maximum atomic E-state index is 9.87. The van der Waals surface area contributed by atoms with E-state index in [0.717, 1.165) is 21.8 Å². The second kappa shape index (κ2) is 8.36. The Morgan fingerprint density at radius 3 is 0.778 bits per heavy atom. The van der Waals surface area contributed by atoms with Gasteiger partial charge in [-0.05, 0) is 12.1 Å². The van der Waals surface area contributed by atoms with Gasteiger partial charge in [0.1, 0.15) is 0 Å². The van der Waals surface area contributed by atoms with E-state index in [1.165, 1.54) is 0 Å². The first-order valence-corrected chi connectivity index (χ1v) is 13.7. The molecule has 0 aliphatic rings. The van der Waals surface area contributed by atoms with E-state index in [9.17, 15) is 75.5 Å². The van der Waals surface area contributed by atoms with Gasteiger partial charge in [0.2, 0.25) is 0 Å². The summed E-state index contributed by atoms with van der Waals surface area (Å²) in [5, 5.41) is 2.28. The Morgan fingerprint density at radius 2 is 0.583 bits per heavy atom. The van der Waals surface area contributed by atoms with Crippen LogP contribution >= 0.6 is 23.4 Å². The molecule has 36 heavy (non-hydrogen) atoms. The summed E-state index contributed by atoms with van der Waals surface area (Å²) in [7, 11) is -32.0. The molecule has 3 aromatic rings. The van der Waals surface area contributed by atoms with E-state index < -0.39 is 23.4 Å². The molecule has 0 saturated heterocycles. The van der Waals surface area contributed by atoms with Crippen molar-refractivity contribution in [2.45, 2.75) is 0 Å². The molecule has 0 N–H and O–H groups in total. The molecule has 0 bridgehead atoms. The molecule has 0 saturated carbocycles. The minimum atomic E-state index is -10.7. The molecule has 0 aliphatic heterocycles. The fourth-order valence-corrected chi connectivity index (χ4v) is 1.68. The second-order valence-corrected chi connectivity index (χ2v) is 11.8. The quantitative estimate of drug-likeness (QED) is 0.128. The van der Waals surface area contributed by atoms with Crippen molar-refractivity contribution in [1.82, 2.24) is 9.97 Å².